The standard InChI is InChI=1S/C17H18FN3O3/c1-21-16(22)8-11-7-10(3-5-14(11)20-21)17(23)19-12-4-6-15(24-2)13(18)9-12/h4,6,8-10H,3,5,7H2,1-2H3,(H,19,23). The third-order valence-electron chi connectivity index (χ3n) is 4.24. The molecule has 1 atom stereocenters. The monoisotopic (exact) mass is 331 g/mol. The molecule has 1 N–H and O–H groups in total. The first-order valence-corrected chi connectivity index (χ1v) is 7.68. The SMILES string of the molecule is COc1ccc(NC(=O)C2CCc3nn(C)c(=O)cc3C2)cc1F. The highest BCUT2D eigenvalue weighted by Gasteiger charge is 2.26. The number of aromatic nitrogens is 2. The maximum Gasteiger partial charge on any atom is 0.266 e. The molecule has 1 heterocycles. The van der Waals surface area contributed by atoms with E-state index in [2.05, 4.69) is 10.4 Å². The fraction of sp³-hybridized carbons (Fsp3) is 0.353. The van der Waals surface area contributed by atoms with Gasteiger partial charge in [-0.2, -0.15) is 5.10 Å². The van der Waals surface area contributed by atoms with Gasteiger partial charge in [-0.1, -0.05) is 0 Å². The van der Waals surface area contributed by atoms with Crippen LogP contribution < -0.4 is 15.6 Å². The topological polar surface area (TPSA) is 73.2 Å². The molecule has 7 heteroatoms. The maximum atomic E-state index is 13.7. The van der Waals surface area contributed by atoms with E-state index in [0.29, 0.717) is 24.9 Å². The Bertz CT molecular complexity index is 847. The molecular formula is C17H18FN3O3. The summed E-state index contributed by atoms with van der Waals surface area (Å²) in [7, 11) is 2.99. The van der Waals surface area contributed by atoms with Crippen molar-refractivity contribution in [3.05, 3.63) is 51.7 Å². The molecule has 1 aromatic carbocycles. The number of nitrogens with zero attached hydrogens (tertiary/aromatic N) is 2. The minimum Gasteiger partial charge on any atom is -0.494 e. The number of rotatable bonds is 3. The van der Waals surface area contributed by atoms with Crippen LogP contribution in [0.15, 0.2) is 29.1 Å². The molecular weight excluding hydrogens is 313 g/mol. The van der Waals surface area contributed by atoms with E-state index in [-0.39, 0.29) is 23.1 Å². The van der Waals surface area contributed by atoms with Gasteiger partial charge in [-0.05, 0) is 37.0 Å². The maximum absolute atomic E-state index is 13.7. The number of halogens is 1. The molecule has 2 aromatic rings. The number of fused-ring (bicyclic) bond motifs is 1. The fourth-order valence-electron chi connectivity index (χ4n) is 2.90. The van der Waals surface area contributed by atoms with Gasteiger partial charge in [0.2, 0.25) is 5.91 Å². The summed E-state index contributed by atoms with van der Waals surface area (Å²) in [5, 5.41) is 6.95. The molecule has 0 bridgehead atoms. The van der Waals surface area contributed by atoms with E-state index in [1.807, 2.05) is 0 Å². The van der Waals surface area contributed by atoms with E-state index in [9.17, 15) is 14.0 Å². The Morgan fingerprint density at radius 3 is 2.92 bits per heavy atom. The summed E-state index contributed by atoms with van der Waals surface area (Å²) >= 11 is 0. The van der Waals surface area contributed by atoms with Crippen LogP contribution in [0.4, 0.5) is 10.1 Å². The second-order valence-corrected chi connectivity index (χ2v) is 5.86. The summed E-state index contributed by atoms with van der Waals surface area (Å²) in [5.74, 6) is -0.860. The van der Waals surface area contributed by atoms with Crippen molar-refractivity contribution in [2.75, 3.05) is 12.4 Å². The Labute approximate surface area is 138 Å². The largest absolute Gasteiger partial charge is 0.494 e. The zero-order valence-corrected chi connectivity index (χ0v) is 13.5. The average Bonchev–Trinajstić information content (AvgIpc) is 2.55. The van der Waals surface area contributed by atoms with Crippen molar-refractivity contribution in [1.82, 2.24) is 9.78 Å². The number of anilines is 1. The van der Waals surface area contributed by atoms with E-state index in [4.69, 9.17) is 4.74 Å². The quantitative estimate of drug-likeness (QED) is 0.928. The first-order valence-electron chi connectivity index (χ1n) is 7.68. The number of amides is 1. The smallest absolute Gasteiger partial charge is 0.266 e. The lowest BCUT2D eigenvalue weighted by Gasteiger charge is -2.23. The number of aryl methyl sites for hydroxylation is 2. The molecule has 3 rings (SSSR count). The van der Waals surface area contributed by atoms with Crippen molar-refractivity contribution in [1.29, 1.82) is 0 Å². The second kappa shape index (κ2) is 6.43. The summed E-state index contributed by atoms with van der Waals surface area (Å²) < 4.78 is 19.9. The Morgan fingerprint density at radius 2 is 2.21 bits per heavy atom. The molecule has 0 saturated carbocycles. The molecule has 0 radical (unpaired) electrons. The average molecular weight is 331 g/mol. The Hall–Kier alpha value is -2.70. The van der Waals surface area contributed by atoms with Crippen LogP contribution >= 0.6 is 0 Å². The number of benzene rings is 1. The molecule has 1 unspecified atom stereocenters. The molecule has 6 nitrogen and oxygen atoms in total. The Balaban J connectivity index is 1.73. The number of hydrogen-bond acceptors (Lipinski definition) is 4. The van der Waals surface area contributed by atoms with Gasteiger partial charge in [-0.3, -0.25) is 9.59 Å². The molecule has 1 amide bonds. The third-order valence-corrected chi connectivity index (χ3v) is 4.24. The van der Waals surface area contributed by atoms with Crippen LogP contribution in [0.3, 0.4) is 0 Å². The van der Waals surface area contributed by atoms with Gasteiger partial charge in [0.25, 0.3) is 5.56 Å². The number of hydrogen-bond donors (Lipinski definition) is 1. The molecule has 0 spiro atoms. The number of carbonyl (C=O) groups excluding carboxylic acids is 1. The zero-order chi connectivity index (χ0) is 17.3. The molecule has 24 heavy (non-hydrogen) atoms. The first-order chi connectivity index (χ1) is 11.5. The minimum atomic E-state index is -0.531. The van der Waals surface area contributed by atoms with Crippen molar-refractivity contribution in [3.63, 3.8) is 0 Å². The van der Waals surface area contributed by atoms with Crippen LogP contribution in [0.1, 0.15) is 17.7 Å². The number of nitrogens with one attached hydrogen (secondary N) is 1. The first kappa shape index (κ1) is 16.2. The summed E-state index contributed by atoms with van der Waals surface area (Å²) in [4.78, 5) is 24.1. The number of carbonyl (C=O) groups is 1. The summed E-state index contributed by atoms with van der Waals surface area (Å²) in [6.07, 6.45) is 1.74. The van der Waals surface area contributed by atoms with Gasteiger partial charge >= 0.3 is 0 Å². The molecule has 1 aliphatic carbocycles. The van der Waals surface area contributed by atoms with Gasteiger partial charge < -0.3 is 10.1 Å². The van der Waals surface area contributed by atoms with E-state index in [1.54, 1.807) is 13.1 Å². The van der Waals surface area contributed by atoms with Gasteiger partial charge in [0.1, 0.15) is 0 Å². The Morgan fingerprint density at radius 1 is 1.42 bits per heavy atom. The van der Waals surface area contributed by atoms with E-state index in [1.165, 1.54) is 30.0 Å². The lowest BCUT2D eigenvalue weighted by molar-refractivity contribution is -0.120. The van der Waals surface area contributed by atoms with Crippen LogP contribution in [0.25, 0.3) is 0 Å². The highest BCUT2D eigenvalue weighted by atomic mass is 19.1. The normalized spacial score (nSPS) is 16.4. The Kier molecular flexibility index (Phi) is 4.33. The third kappa shape index (κ3) is 3.15. The van der Waals surface area contributed by atoms with Gasteiger partial charge in [0.15, 0.2) is 11.6 Å². The predicted molar refractivity (Wildman–Crippen MR) is 86.6 cm³/mol. The molecule has 1 aromatic heterocycles. The zero-order valence-electron chi connectivity index (χ0n) is 13.5. The van der Waals surface area contributed by atoms with Crippen molar-refractivity contribution in [2.24, 2.45) is 13.0 Å². The molecule has 0 aliphatic heterocycles. The summed E-state index contributed by atoms with van der Waals surface area (Å²) in [5.41, 5.74) is 1.86. The van der Waals surface area contributed by atoms with Crippen LogP contribution in [0.5, 0.6) is 5.75 Å². The summed E-state index contributed by atoms with van der Waals surface area (Å²) in [6.45, 7) is 0. The van der Waals surface area contributed by atoms with Gasteiger partial charge in [0.05, 0.1) is 12.8 Å². The van der Waals surface area contributed by atoms with E-state index >= 15 is 0 Å². The van der Waals surface area contributed by atoms with Crippen molar-refractivity contribution in [2.45, 2.75) is 19.3 Å². The van der Waals surface area contributed by atoms with Crippen molar-refractivity contribution >= 4 is 11.6 Å². The second-order valence-electron chi connectivity index (χ2n) is 5.86. The molecule has 1 aliphatic rings. The minimum absolute atomic E-state index is 0.126. The van der Waals surface area contributed by atoms with Crippen LogP contribution in [0.2, 0.25) is 0 Å². The number of methoxy groups -OCH3 is 1. The fourth-order valence-corrected chi connectivity index (χ4v) is 2.90. The highest BCUT2D eigenvalue weighted by Crippen LogP contribution is 2.25. The predicted octanol–water partition coefficient (Wildman–Crippen LogP) is 1.67. The van der Waals surface area contributed by atoms with E-state index in [0.717, 1.165) is 11.3 Å². The van der Waals surface area contributed by atoms with Crippen molar-refractivity contribution in [3.8, 4) is 5.75 Å². The molecule has 126 valence electrons. The van der Waals surface area contributed by atoms with Gasteiger partial charge in [0, 0.05) is 30.8 Å². The number of ether oxygens (including phenoxy) is 1. The lowest BCUT2D eigenvalue weighted by atomic mass is 9.86. The van der Waals surface area contributed by atoms with Crippen LogP contribution in [-0.2, 0) is 24.7 Å². The molecule has 0 fully saturated rings. The van der Waals surface area contributed by atoms with Crippen LogP contribution in [0, 0.1) is 11.7 Å². The summed E-state index contributed by atoms with van der Waals surface area (Å²) in [6, 6.07) is 5.82. The van der Waals surface area contributed by atoms with Gasteiger partial charge in [-0.25, -0.2) is 9.07 Å². The highest BCUT2D eigenvalue weighted by molar-refractivity contribution is 5.93. The van der Waals surface area contributed by atoms with Gasteiger partial charge in [-0.15, -0.1) is 0 Å². The van der Waals surface area contributed by atoms with Crippen molar-refractivity contribution < 1.29 is 13.9 Å². The van der Waals surface area contributed by atoms with Crippen LogP contribution in [-0.4, -0.2) is 22.8 Å². The molecule has 0 saturated heterocycles. The van der Waals surface area contributed by atoms with E-state index < -0.39 is 5.82 Å². The lowest BCUT2D eigenvalue weighted by Crippen LogP contribution is -2.31.